The lowest BCUT2D eigenvalue weighted by Gasteiger charge is -2.54. The molecule has 0 N–H and O–H groups in total. The van der Waals surface area contributed by atoms with E-state index in [4.69, 9.17) is 9.65 Å². The summed E-state index contributed by atoms with van der Waals surface area (Å²) in [5, 5.41) is 1.45. The fraction of sp³-hybridized carbons (Fsp3) is 0.324. The predicted molar refractivity (Wildman–Crippen MR) is 184 cm³/mol. The van der Waals surface area contributed by atoms with Crippen molar-refractivity contribution in [2.45, 2.75) is 80.6 Å². The molecule has 41 heavy (non-hydrogen) atoms. The number of aryl methyl sites for hydroxylation is 6. The Hall–Kier alpha value is -3.16. The highest BCUT2D eigenvalue weighted by Gasteiger charge is 2.61. The fourth-order valence-electron chi connectivity index (χ4n) is 8.13. The first-order valence-electron chi connectivity index (χ1n) is 15.1. The van der Waals surface area contributed by atoms with E-state index in [1.165, 1.54) is 55.1 Å². The number of nitrogens with zero attached hydrogens (tertiary/aromatic N) is 1. The van der Waals surface area contributed by atoms with Crippen molar-refractivity contribution in [1.29, 1.82) is 0 Å². The maximum absolute atomic E-state index is 7.88. The molecule has 0 spiro atoms. The lowest BCUT2D eigenvalue weighted by Crippen LogP contribution is -2.78. The van der Waals surface area contributed by atoms with Crippen LogP contribution in [0.5, 0.6) is 0 Å². The molecule has 0 aromatic heterocycles. The predicted octanol–water partition coefficient (Wildman–Crippen LogP) is 7.68. The SMILES string of the molecule is Cc1cc(C)c([B-]2(c3c(C)cc(C)cc3C)OC(=Nc3ccccc3)[P+](C(C)C)(C(C)C)c3ccccc32)c(C)c1. The van der Waals surface area contributed by atoms with Gasteiger partial charge in [-0.05, 0) is 87.4 Å². The van der Waals surface area contributed by atoms with Crippen LogP contribution in [0.15, 0.2) is 83.9 Å². The zero-order valence-corrected chi connectivity index (χ0v) is 27.4. The molecule has 0 aliphatic carbocycles. The number of rotatable bonds is 5. The van der Waals surface area contributed by atoms with Gasteiger partial charge >= 0.3 is 0 Å². The summed E-state index contributed by atoms with van der Waals surface area (Å²) in [7, 11) is -2.06. The van der Waals surface area contributed by atoms with Crippen LogP contribution in [0.2, 0.25) is 0 Å². The number of hydrogen-bond donors (Lipinski definition) is 0. The molecule has 1 aliphatic heterocycles. The molecule has 4 aromatic rings. The maximum Gasteiger partial charge on any atom is 0.298 e. The van der Waals surface area contributed by atoms with Crippen LogP contribution < -0.4 is 21.7 Å². The summed E-state index contributed by atoms with van der Waals surface area (Å²) in [6, 6.07) is 28.9. The molecule has 0 fully saturated rings. The van der Waals surface area contributed by atoms with Crippen molar-refractivity contribution in [3.05, 3.63) is 112 Å². The van der Waals surface area contributed by atoms with Crippen LogP contribution in [0.3, 0.4) is 0 Å². The van der Waals surface area contributed by atoms with Crippen molar-refractivity contribution >= 4 is 46.6 Å². The number of aliphatic imine (C=N–C) groups is 1. The van der Waals surface area contributed by atoms with Gasteiger partial charge in [0, 0.05) is 0 Å². The smallest absolute Gasteiger partial charge is 0.298 e. The quantitative estimate of drug-likeness (QED) is 0.181. The summed E-state index contributed by atoms with van der Waals surface area (Å²) in [4.78, 5) is 5.47. The van der Waals surface area contributed by atoms with E-state index < -0.39 is 13.6 Å². The molecule has 2 nitrogen and oxygen atoms in total. The Balaban J connectivity index is 2.05. The van der Waals surface area contributed by atoms with E-state index >= 15 is 0 Å². The van der Waals surface area contributed by atoms with Crippen LogP contribution in [0.1, 0.15) is 61.1 Å². The molecule has 0 bridgehead atoms. The molecule has 5 rings (SSSR count). The lowest BCUT2D eigenvalue weighted by atomic mass is 9.26. The molecule has 0 saturated carbocycles. The van der Waals surface area contributed by atoms with E-state index in [-0.39, 0.29) is 0 Å². The Labute approximate surface area is 248 Å². The van der Waals surface area contributed by atoms with E-state index in [1.807, 2.05) is 0 Å². The summed E-state index contributed by atoms with van der Waals surface area (Å²) in [5.74, 6) is 0. The molecule has 0 amide bonds. The number of fused-ring (bicyclic) bond motifs is 1. The third kappa shape index (κ3) is 4.58. The standard InChI is InChI=1S/C37H45BNOP/c1-24(2)41(25(3)4)34-19-15-14-18-33(34)38(35-28(7)20-26(5)21-29(35)8,36-30(9)22-27(6)23-31(36)10)40-37(41)39-32-16-12-11-13-17-32/h11-25H,1-10H3. The minimum atomic E-state index is -2.06. The monoisotopic (exact) mass is 561 g/mol. The summed E-state index contributed by atoms with van der Waals surface area (Å²) in [5.41, 5.74) is 14.2. The molecule has 4 heteroatoms. The topological polar surface area (TPSA) is 21.6 Å². The van der Waals surface area contributed by atoms with Crippen molar-refractivity contribution in [2.24, 2.45) is 4.99 Å². The minimum absolute atomic E-state index is 0.375. The maximum atomic E-state index is 7.88. The second-order valence-corrected chi connectivity index (χ2v) is 17.3. The second-order valence-electron chi connectivity index (χ2n) is 12.8. The normalized spacial score (nSPS) is 16.6. The fourth-order valence-corrected chi connectivity index (χ4v) is 13.2. The number of hydrogen-bond acceptors (Lipinski definition) is 2. The first kappa shape index (κ1) is 29.3. The van der Waals surface area contributed by atoms with Crippen molar-refractivity contribution < 1.29 is 4.65 Å². The van der Waals surface area contributed by atoms with E-state index in [2.05, 4.69) is 148 Å². The van der Waals surface area contributed by atoms with E-state index in [0.717, 1.165) is 11.3 Å². The van der Waals surface area contributed by atoms with Crippen LogP contribution >= 0.6 is 7.26 Å². The summed E-state index contributed by atoms with van der Waals surface area (Å²) in [6.45, 7) is 22.9. The van der Waals surface area contributed by atoms with Gasteiger partial charge in [-0.1, -0.05) is 94.0 Å². The van der Waals surface area contributed by atoms with Gasteiger partial charge in [0.05, 0.1) is 22.3 Å². The highest BCUT2D eigenvalue weighted by Crippen LogP contribution is 2.68. The Kier molecular flexibility index (Phi) is 7.81. The lowest BCUT2D eigenvalue weighted by molar-refractivity contribution is 0.582. The summed E-state index contributed by atoms with van der Waals surface area (Å²) >= 11 is 0. The highest BCUT2D eigenvalue weighted by molar-refractivity contribution is 7.98. The molecule has 0 unspecified atom stereocenters. The molecule has 0 atom stereocenters. The third-order valence-electron chi connectivity index (χ3n) is 9.27. The van der Waals surface area contributed by atoms with Crippen molar-refractivity contribution in [2.75, 3.05) is 0 Å². The van der Waals surface area contributed by atoms with Gasteiger partial charge in [-0.25, -0.2) is 0 Å². The van der Waals surface area contributed by atoms with Crippen LogP contribution in [-0.4, -0.2) is 23.3 Å². The van der Waals surface area contributed by atoms with Crippen LogP contribution in [-0.2, 0) is 4.65 Å². The van der Waals surface area contributed by atoms with Gasteiger partial charge in [-0.2, -0.15) is 15.9 Å². The van der Waals surface area contributed by atoms with Gasteiger partial charge in [-0.15, -0.1) is 5.46 Å². The highest BCUT2D eigenvalue weighted by atomic mass is 31.2. The third-order valence-corrected chi connectivity index (χ3v) is 14.6. The van der Waals surface area contributed by atoms with Crippen molar-refractivity contribution in [3.8, 4) is 0 Å². The molecule has 0 radical (unpaired) electrons. The summed E-state index contributed by atoms with van der Waals surface area (Å²) in [6.07, 6.45) is -1.84. The zero-order valence-electron chi connectivity index (χ0n) is 26.5. The van der Waals surface area contributed by atoms with Crippen LogP contribution in [0.4, 0.5) is 5.69 Å². The van der Waals surface area contributed by atoms with Crippen LogP contribution in [0.25, 0.3) is 0 Å². The molecule has 212 valence electrons. The Morgan fingerprint density at radius 1 is 0.610 bits per heavy atom. The Morgan fingerprint density at radius 2 is 1.05 bits per heavy atom. The molecule has 0 saturated heterocycles. The molecular weight excluding hydrogens is 516 g/mol. The Morgan fingerprint density at radius 3 is 1.51 bits per heavy atom. The van der Waals surface area contributed by atoms with E-state index in [0.29, 0.717) is 11.3 Å². The van der Waals surface area contributed by atoms with Gasteiger partial charge in [0.15, 0.2) is 0 Å². The molecular formula is C37H45BNOP. The summed E-state index contributed by atoms with van der Waals surface area (Å²) < 4.78 is 7.88. The first-order chi connectivity index (χ1) is 19.4. The zero-order chi connectivity index (χ0) is 29.7. The van der Waals surface area contributed by atoms with E-state index in [9.17, 15) is 0 Å². The average Bonchev–Trinajstić information content (AvgIpc) is 2.88. The Bertz CT molecular complexity index is 1520. The van der Waals surface area contributed by atoms with Gasteiger partial charge in [0.25, 0.3) is 12.0 Å². The van der Waals surface area contributed by atoms with Gasteiger partial charge in [0.2, 0.25) is 0 Å². The minimum Gasteiger partial charge on any atom is -0.662 e. The van der Waals surface area contributed by atoms with Crippen molar-refractivity contribution in [1.82, 2.24) is 0 Å². The number of para-hydroxylation sites is 1. The van der Waals surface area contributed by atoms with Gasteiger partial charge in [0.1, 0.15) is 7.26 Å². The van der Waals surface area contributed by atoms with E-state index in [1.54, 1.807) is 0 Å². The molecule has 4 aromatic carbocycles. The van der Waals surface area contributed by atoms with Crippen molar-refractivity contribution in [3.63, 3.8) is 0 Å². The average molecular weight is 562 g/mol. The first-order valence-corrected chi connectivity index (χ1v) is 17.0. The largest absolute Gasteiger partial charge is 0.662 e. The molecule has 1 aliphatic rings. The molecule has 1 heterocycles. The second kappa shape index (κ2) is 10.9. The van der Waals surface area contributed by atoms with Gasteiger partial charge in [-0.3, -0.25) is 0 Å². The number of benzene rings is 4. The van der Waals surface area contributed by atoms with Crippen LogP contribution in [0, 0.1) is 41.5 Å². The van der Waals surface area contributed by atoms with Gasteiger partial charge < -0.3 is 4.65 Å².